The Morgan fingerprint density at radius 3 is 2.37 bits per heavy atom. The number of rotatable bonds is 6. The minimum Gasteiger partial charge on any atom is -0.348 e. The highest BCUT2D eigenvalue weighted by Gasteiger charge is 2.48. The molecule has 1 aromatic rings. The fourth-order valence-electron chi connectivity index (χ4n) is 4.20. The summed E-state index contributed by atoms with van der Waals surface area (Å²) >= 11 is 0. The SMILES string of the molecule is CCCn1c(C)cc(C(=O)CN2C(=O)C(=O)N(C3CCCCC3)C2=O)c1C. The predicted octanol–water partition coefficient (Wildman–Crippen LogP) is 2.82. The number of carbonyl (C=O) groups excluding carboxylic acids is 4. The number of aromatic nitrogens is 1. The lowest BCUT2D eigenvalue weighted by atomic mass is 9.94. The van der Waals surface area contributed by atoms with Gasteiger partial charge in [-0.15, -0.1) is 0 Å². The number of nitrogens with zero attached hydrogens (tertiary/aromatic N) is 3. The molecule has 0 atom stereocenters. The Balaban J connectivity index is 1.78. The van der Waals surface area contributed by atoms with E-state index in [0.717, 1.165) is 66.3 Å². The molecule has 3 rings (SSSR count). The van der Waals surface area contributed by atoms with Crippen molar-refractivity contribution in [2.45, 2.75) is 71.9 Å². The summed E-state index contributed by atoms with van der Waals surface area (Å²) < 4.78 is 2.06. The lowest BCUT2D eigenvalue weighted by Crippen LogP contribution is -2.43. The van der Waals surface area contributed by atoms with Crippen molar-refractivity contribution in [1.29, 1.82) is 0 Å². The molecule has 1 aliphatic carbocycles. The Hall–Kier alpha value is -2.44. The van der Waals surface area contributed by atoms with E-state index in [1.165, 1.54) is 0 Å². The van der Waals surface area contributed by atoms with Gasteiger partial charge in [-0.05, 0) is 39.2 Å². The Morgan fingerprint density at radius 1 is 1.07 bits per heavy atom. The molecule has 1 saturated carbocycles. The molecule has 0 bridgehead atoms. The summed E-state index contributed by atoms with van der Waals surface area (Å²) in [5.41, 5.74) is 2.30. The van der Waals surface area contributed by atoms with Gasteiger partial charge in [-0.2, -0.15) is 0 Å². The minimum atomic E-state index is -0.888. The normalized spacial score (nSPS) is 18.7. The fraction of sp³-hybridized carbons (Fsp3) is 0.600. The van der Waals surface area contributed by atoms with Gasteiger partial charge < -0.3 is 4.57 Å². The van der Waals surface area contributed by atoms with E-state index in [4.69, 9.17) is 0 Å². The molecule has 27 heavy (non-hydrogen) atoms. The molecule has 1 aliphatic heterocycles. The number of carbonyl (C=O) groups is 4. The summed E-state index contributed by atoms with van der Waals surface area (Å²) in [4.78, 5) is 52.1. The first-order valence-corrected chi connectivity index (χ1v) is 9.75. The number of amides is 4. The van der Waals surface area contributed by atoms with Crippen molar-refractivity contribution in [3.05, 3.63) is 23.0 Å². The number of aryl methyl sites for hydroxylation is 1. The molecule has 4 amide bonds. The Bertz CT molecular complexity index is 789. The van der Waals surface area contributed by atoms with Gasteiger partial charge in [0.1, 0.15) is 0 Å². The van der Waals surface area contributed by atoms with Crippen molar-refractivity contribution in [2.75, 3.05) is 6.54 Å². The van der Waals surface area contributed by atoms with Crippen molar-refractivity contribution in [3.8, 4) is 0 Å². The van der Waals surface area contributed by atoms with Crippen LogP contribution in [0.3, 0.4) is 0 Å². The summed E-state index contributed by atoms with van der Waals surface area (Å²) in [7, 11) is 0. The van der Waals surface area contributed by atoms with Crippen molar-refractivity contribution in [2.24, 2.45) is 0 Å². The van der Waals surface area contributed by atoms with Crippen LogP contribution in [-0.4, -0.2) is 50.6 Å². The van der Waals surface area contributed by atoms with E-state index in [9.17, 15) is 19.2 Å². The molecule has 7 nitrogen and oxygen atoms in total. The van der Waals surface area contributed by atoms with Crippen molar-refractivity contribution < 1.29 is 19.2 Å². The number of hydrogen-bond acceptors (Lipinski definition) is 4. The van der Waals surface area contributed by atoms with E-state index < -0.39 is 17.8 Å². The molecule has 0 N–H and O–H groups in total. The third-order valence-corrected chi connectivity index (χ3v) is 5.65. The average molecular weight is 373 g/mol. The van der Waals surface area contributed by atoms with E-state index >= 15 is 0 Å². The third kappa shape index (κ3) is 3.42. The van der Waals surface area contributed by atoms with Crippen LogP contribution >= 0.6 is 0 Å². The van der Waals surface area contributed by atoms with Crippen LogP contribution in [0.2, 0.25) is 0 Å². The third-order valence-electron chi connectivity index (χ3n) is 5.65. The Labute approximate surface area is 159 Å². The highest BCUT2D eigenvalue weighted by Crippen LogP contribution is 2.27. The van der Waals surface area contributed by atoms with Crippen LogP contribution in [-0.2, 0) is 16.1 Å². The molecule has 7 heteroatoms. The summed E-state index contributed by atoms with van der Waals surface area (Å²) in [6, 6.07) is 0.920. The predicted molar refractivity (Wildman–Crippen MR) is 99.4 cm³/mol. The van der Waals surface area contributed by atoms with E-state index in [1.54, 1.807) is 6.07 Å². The Kier molecular flexibility index (Phi) is 5.48. The maximum absolute atomic E-state index is 12.8. The van der Waals surface area contributed by atoms with E-state index in [-0.39, 0.29) is 18.4 Å². The molecule has 0 radical (unpaired) electrons. The molecule has 0 unspecified atom stereocenters. The van der Waals surface area contributed by atoms with Crippen LogP contribution in [0.25, 0.3) is 0 Å². The van der Waals surface area contributed by atoms with E-state index in [2.05, 4.69) is 11.5 Å². The van der Waals surface area contributed by atoms with Gasteiger partial charge in [-0.1, -0.05) is 26.2 Å². The van der Waals surface area contributed by atoms with Gasteiger partial charge in [0.25, 0.3) is 0 Å². The van der Waals surface area contributed by atoms with Crippen LogP contribution in [0.1, 0.15) is 67.2 Å². The van der Waals surface area contributed by atoms with Crippen LogP contribution in [0, 0.1) is 13.8 Å². The topological polar surface area (TPSA) is 79.7 Å². The molecule has 0 aromatic carbocycles. The quantitative estimate of drug-likeness (QED) is 0.436. The van der Waals surface area contributed by atoms with Crippen LogP contribution in [0.4, 0.5) is 4.79 Å². The molecule has 1 saturated heterocycles. The van der Waals surface area contributed by atoms with Gasteiger partial charge in [0.2, 0.25) is 0 Å². The summed E-state index contributed by atoms with van der Waals surface area (Å²) in [6.07, 6.45) is 5.36. The minimum absolute atomic E-state index is 0.225. The molecule has 2 fully saturated rings. The Morgan fingerprint density at radius 2 is 1.74 bits per heavy atom. The maximum atomic E-state index is 12.8. The molecule has 0 spiro atoms. The first-order valence-electron chi connectivity index (χ1n) is 9.75. The lowest BCUT2D eigenvalue weighted by molar-refractivity contribution is -0.144. The van der Waals surface area contributed by atoms with Gasteiger partial charge in [-0.25, -0.2) is 9.69 Å². The summed E-state index contributed by atoms with van der Waals surface area (Å²) in [6.45, 7) is 6.28. The van der Waals surface area contributed by atoms with Gasteiger partial charge in [0.15, 0.2) is 5.78 Å². The standard InChI is InChI=1S/C20H27N3O4/c1-4-10-21-13(2)11-16(14(21)3)17(24)12-22-18(25)19(26)23(20(22)27)15-8-6-5-7-9-15/h11,15H,4-10,12H2,1-3H3. The largest absolute Gasteiger partial charge is 0.348 e. The molecule has 2 aliphatic rings. The lowest BCUT2D eigenvalue weighted by Gasteiger charge is -2.28. The summed E-state index contributed by atoms with van der Waals surface area (Å²) in [5, 5.41) is 0. The zero-order chi connectivity index (χ0) is 19.7. The van der Waals surface area contributed by atoms with Gasteiger partial charge in [-0.3, -0.25) is 19.3 Å². The second-order valence-electron chi connectivity index (χ2n) is 7.50. The number of Topliss-reactive ketones (excluding diaryl/α,β-unsaturated/α-hetero) is 1. The first-order chi connectivity index (χ1) is 12.9. The fourth-order valence-corrected chi connectivity index (χ4v) is 4.20. The monoisotopic (exact) mass is 373 g/mol. The maximum Gasteiger partial charge on any atom is 0.334 e. The van der Waals surface area contributed by atoms with Crippen LogP contribution < -0.4 is 0 Å². The number of ketones is 1. The van der Waals surface area contributed by atoms with Gasteiger partial charge in [0.05, 0.1) is 6.54 Å². The van der Waals surface area contributed by atoms with Gasteiger partial charge >= 0.3 is 17.8 Å². The first kappa shape index (κ1) is 19.3. The molecule has 1 aromatic heterocycles. The van der Waals surface area contributed by atoms with Gasteiger partial charge in [0, 0.05) is 29.5 Å². The van der Waals surface area contributed by atoms with E-state index in [1.807, 2.05) is 13.8 Å². The highest BCUT2D eigenvalue weighted by molar-refractivity contribution is 6.45. The van der Waals surface area contributed by atoms with Crippen molar-refractivity contribution in [3.63, 3.8) is 0 Å². The second-order valence-corrected chi connectivity index (χ2v) is 7.50. The van der Waals surface area contributed by atoms with Crippen LogP contribution in [0.15, 0.2) is 6.07 Å². The molecule has 2 heterocycles. The molecular formula is C20H27N3O4. The van der Waals surface area contributed by atoms with Crippen molar-refractivity contribution >= 4 is 23.6 Å². The molecule has 146 valence electrons. The number of urea groups is 1. The number of hydrogen-bond donors (Lipinski definition) is 0. The zero-order valence-electron chi connectivity index (χ0n) is 16.3. The van der Waals surface area contributed by atoms with Crippen LogP contribution in [0.5, 0.6) is 0 Å². The van der Waals surface area contributed by atoms with E-state index in [0.29, 0.717) is 5.56 Å². The summed E-state index contributed by atoms with van der Waals surface area (Å²) in [5.74, 6) is -2.00. The van der Waals surface area contributed by atoms with Crippen molar-refractivity contribution in [1.82, 2.24) is 14.4 Å². The second kappa shape index (κ2) is 7.66. The highest BCUT2D eigenvalue weighted by atomic mass is 16.2. The number of imide groups is 2. The molecular weight excluding hydrogens is 346 g/mol. The smallest absolute Gasteiger partial charge is 0.334 e. The average Bonchev–Trinajstić information content (AvgIpc) is 3.05. The zero-order valence-corrected chi connectivity index (χ0v) is 16.3.